The molecular weight excluding hydrogens is 430 g/mol. The van der Waals surface area contributed by atoms with E-state index in [2.05, 4.69) is 4.98 Å². The van der Waals surface area contributed by atoms with Crippen molar-refractivity contribution in [3.8, 4) is 5.69 Å². The molecule has 0 unspecified atom stereocenters. The van der Waals surface area contributed by atoms with Gasteiger partial charge in [-0.25, -0.2) is 4.79 Å². The van der Waals surface area contributed by atoms with Crippen LogP contribution >= 0.6 is 0 Å². The van der Waals surface area contributed by atoms with Gasteiger partial charge in [0.25, 0.3) is 5.56 Å². The molecule has 8 heteroatoms. The van der Waals surface area contributed by atoms with Gasteiger partial charge in [-0.15, -0.1) is 0 Å². The van der Waals surface area contributed by atoms with Crippen molar-refractivity contribution in [3.63, 3.8) is 0 Å². The summed E-state index contributed by atoms with van der Waals surface area (Å²) in [6.07, 6.45) is 4.61. The van der Waals surface area contributed by atoms with E-state index in [0.717, 1.165) is 16.8 Å². The van der Waals surface area contributed by atoms with Gasteiger partial charge in [0, 0.05) is 24.6 Å². The molecule has 0 aliphatic heterocycles. The fourth-order valence-electron chi connectivity index (χ4n) is 3.91. The van der Waals surface area contributed by atoms with Gasteiger partial charge in [-0.3, -0.25) is 19.1 Å². The van der Waals surface area contributed by atoms with Crippen LogP contribution in [0, 0.1) is 0 Å². The van der Waals surface area contributed by atoms with Crippen LogP contribution in [0.25, 0.3) is 5.69 Å². The standard InChI is InChI=1S/C26H27N5O3/c1-2-14-30(22(32)17-19-10-12-21(13-11-19)29-15-6-7-16-29)23-24(27)31(26(34)28-25(23)33)18-20-8-4-3-5-9-20/h3-13,15-16H,2,14,17-18,27H2,1H3,(H,28,33,34). The van der Waals surface area contributed by atoms with Crippen LogP contribution in [0.3, 0.4) is 0 Å². The van der Waals surface area contributed by atoms with E-state index in [1.807, 2.05) is 90.6 Å². The molecule has 0 aliphatic rings. The molecular formula is C26H27N5O3. The third-order valence-corrected chi connectivity index (χ3v) is 5.61. The first kappa shape index (κ1) is 22.8. The van der Waals surface area contributed by atoms with Gasteiger partial charge in [0.15, 0.2) is 5.69 Å². The third kappa shape index (κ3) is 4.85. The molecule has 0 atom stereocenters. The molecule has 0 fully saturated rings. The van der Waals surface area contributed by atoms with Crippen LogP contribution in [0.5, 0.6) is 0 Å². The van der Waals surface area contributed by atoms with Gasteiger partial charge in [-0.1, -0.05) is 49.4 Å². The Morgan fingerprint density at radius 2 is 1.62 bits per heavy atom. The van der Waals surface area contributed by atoms with Gasteiger partial charge in [-0.05, 0) is 41.8 Å². The van der Waals surface area contributed by atoms with Crippen LogP contribution in [0.2, 0.25) is 0 Å². The van der Waals surface area contributed by atoms with Crippen LogP contribution in [-0.2, 0) is 17.8 Å². The second kappa shape index (κ2) is 10.1. The Morgan fingerprint density at radius 3 is 2.26 bits per heavy atom. The normalized spacial score (nSPS) is 10.9. The Kier molecular flexibility index (Phi) is 6.77. The predicted molar refractivity (Wildman–Crippen MR) is 133 cm³/mol. The molecule has 3 N–H and O–H groups in total. The predicted octanol–water partition coefficient (Wildman–Crippen LogP) is 2.94. The van der Waals surface area contributed by atoms with E-state index in [4.69, 9.17) is 5.73 Å². The summed E-state index contributed by atoms with van der Waals surface area (Å²) < 4.78 is 3.26. The number of nitrogens with two attached hydrogens (primary N) is 1. The van der Waals surface area contributed by atoms with E-state index < -0.39 is 11.2 Å². The summed E-state index contributed by atoms with van der Waals surface area (Å²) >= 11 is 0. The average molecular weight is 458 g/mol. The zero-order valence-electron chi connectivity index (χ0n) is 19.0. The minimum atomic E-state index is -0.670. The van der Waals surface area contributed by atoms with Crippen LogP contribution in [0.15, 0.2) is 88.7 Å². The van der Waals surface area contributed by atoms with Gasteiger partial charge in [0.05, 0.1) is 13.0 Å². The lowest BCUT2D eigenvalue weighted by Gasteiger charge is -2.24. The van der Waals surface area contributed by atoms with Crippen LogP contribution in [0.4, 0.5) is 11.5 Å². The first-order chi connectivity index (χ1) is 16.5. The first-order valence-electron chi connectivity index (χ1n) is 11.2. The van der Waals surface area contributed by atoms with Gasteiger partial charge in [-0.2, -0.15) is 0 Å². The maximum absolute atomic E-state index is 13.3. The first-order valence-corrected chi connectivity index (χ1v) is 11.2. The second-order valence-corrected chi connectivity index (χ2v) is 8.04. The second-order valence-electron chi connectivity index (χ2n) is 8.04. The highest BCUT2D eigenvalue weighted by atomic mass is 16.2. The quantitative estimate of drug-likeness (QED) is 0.424. The number of anilines is 2. The van der Waals surface area contributed by atoms with Crippen molar-refractivity contribution in [1.29, 1.82) is 0 Å². The van der Waals surface area contributed by atoms with Crippen molar-refractivity contribution in [2.24, 2.45) is 0 Å². The summed E-state index contributed by atoms with van der Waals surface area (Å²) in [5, 5.41) is 0. The number of carbonyl (C=O) groups excluding carboxylic acids is 1. The number of nitrogens with one attached hydrogen (secondary N) is 1. The molecule has 0 saturated heterocycles. The molecule has 2 heterocycles. The number of aromatic nitrogens is 3. The summed E-state index contributed by atoms with van der Waals surface area (Å²) in [6.45, 7) is 2.40. The van der Waals surface area contributed by atoms with Gasteiger partial charge < -0.3 is 15.2 Å². The molecule has 0 radical (unpaired) electrons. The Hall–Kier alpha value is -4.33. The molecule has 174 valence electrons. The lowest BCUT2D eigenvalue weighted by Crippen LogP contribution is -2.42. The van der Waals surface area contributed by atoms with Crippen molar-refractivity contribution >= 4 is 17.4 Å². The summed E-state index contributed by atoms with van der Waals surface area (Å²) in [7, 11) is 0. The third-order valence-electron chi connectivity index (χ3n) is 5.61. The molecule has 8 nitrogen and oxygen atoms in total. The van der Waals surface area contributed by atoms with E-state index in [1.54, 1.807) is 0 Å². The number of rotatable bonds is 8. The number of benzene rings is 2. The monoisotopic (exact) mass is 457 g/mol. The lowest BCUT2D eigenvalue weighted by atomic mass is 10.1. The van der Waals surface area contributed by atoms with Crippen molar-refractivity contribution in [2.45, 2.75) is 26.3 Å². The number of nitrogens with zero attached hydrogens (tertiary/aromatic N) is 3. The van der Waals surface area contributed by atoms with Gasteiger partial charge in [0.2, 0.25) is 5.91 Å². The largest absolute Gasteiger partial charge is 0.383 e. The molecule has 0 saturated carbocycles. The lowest BCUT2D eigenvalue weighted by molar-refractivity contribution is -0.118. The van der Waals surface area contributed by atoms with Crippen LogP contribution in [0.1, 0.15) is 24.5 Å². The Balaban J connectivity index is 1.63. The molecule has 0 bridgehead atoms. The molecule has 4 rings (SSSR count). The van der Waals surface area contributed by atoms with Crippen molar-refractivity contribution in [2.75, 3.05) is 17.2 Å². The maximum Gasteiger partial charge on any atom is 0.330 e. The number of aromatic amines is 1. The highest BCUT2D eigenvalue weighted by molar-refractivity contribution is 5.96. The molecule has 2 aromatic carbocycles. The van der Waals surface area contributed by atoms with E-state index in [1.165, 1.54) is 9.47 Å². The summed E-state index contributed by atoms with van der Waals surface area (Å²) in [6, 6.07) is 20.9. The molecule has 1 amide bonds. The molecule has 2 aromatic heterocycles. The minimum absolute atomic E-state index is 0.00587. The molecule has 4 aromatic rings. The Morgan fingerprint density at radius 1 is 0.941 bits per heavy atom. The number of hydrogen-bond donors (Lipinski definition) is 2. The number of nitrogen functional groups attached to an aromatic ring is 1. The van der Waals surface area contributed by atoms with E-state index in [0.29, 0.717) is 13.0 Å². The Bertz CT molecular complexity index is 1370. The smallest absolute Gasteiger partial charge is 0.330 e. The van der Waals surface area contributed by atoms with Gasteiger partial charge in [0.1, 0.15) is 5.82 Å². The topological polar surface area (TPSA) is 106 Å². The molecule has 0 aliphatic carbocycles. The van der Waals surface area contributed by atoms with Crippen molar-refractivity contribution in [1.82, 2.24) is 14.1 Å². The fourth-order valence-corrected chi connectivity index (χ4v) is 3.91. The number of hydrogen-bond acceptors (Lipinski definition) is 4. The van der Waals surface area contributed by atoms with Gasteiger partial charge >= 0.3 is 5.69 Å². The van der Waals surface area contributed by atoms with Crippen molar-refractivity contribution < 1.29 is 4.79 Å². The van der Waals surface area contributed by atoms with Crippen LogP contribution in [-0.4, -0.2) is 26.6 Å². The SMILES string of the molecule is CCCN(C(=O)Cc1ccc(-n2cccc2)cc1)c1c(N)n(Cc2ccccc2)c(=O)[nH]c1=O. The molecule has 0 spiro atoms. The fraction of sp³-hybridized carbons (Fsp3) is 0.192. The Labute approximate surface area is 196 Å². The highest BCUT2D eigenvalue weighted by Crippen LogP contribution is 2.20. The highest BCUT2D eigenvalue weighted by Gasteiger charge is 2.24. The van der Waals surface area contributed by atoms with E-state index in [-0.39, 0.29) is 30.4 Å². The van der Waals surface area contributed by atoms with E-state index in [9.17, 15) is 14.4 Å². The maximum atomic E-state index is 13.3. The van der Waals surface area contributed by atoms with E-state index >= 15 is 0 Å². The molecule has 34 heavy (non-hydrogen) atoms. The number of H-pyrrole nitrogens is 1. The number of amides is 1. The zero-order valence-corrected chi connectivity index (χ0v) is 19.0. The van der Waals surface area contributed by atoms with Crippen molar-refractivity contribution in [3.05, 3.63) is 111 Å². The average Bonchev–Trinajstić information content (AvgIpc) is 3.37. The minimum Gasteiger partial charge on any atom is -0.383 e. The zero-order chi connectivity index (χ0) is 24.1. The number of carbonyl (C=O) groups is 1. The summed E-state index contributed by atoms with van der Waals surface area (Å²) in [5.74, 6) is -0.292. The van der Waals surface area contributed by atoms with Crippen LogP contribution < -0.4 is 21.9 Å². The summed E-state index contributed by atoms with van der Waals surface area (Å²) in [5.41, 5.74) is 7.69. The summed E-state index contributed by atoms with van der Waals surface area (Å²) in [4.78, 5) is 42.3.